The van der Waals surface area contributed by atoms with Gasteiger partial charge in [-0.05, 0) is 78.9 Å². The fourth-order valence-corrected chi connectivity index (χ4v) is 2.79. The molecule has 0 radical (unpaired) electrons. The quantitative estimate of drug-likeness (QED) is 0.594. The van der Waals surface area contributed by atoms with Gasteiger partial charge in [-0.2, -0.15) is 0 Å². The molecule has 2 N–H and O–H groups in total. The zero-order chi connectivity index (χ0) is 19.4. The van der Waals surface area contributed by atoms with E-state index in [1.165, 1.54) is 0 Å². The minimum atomic E-state index is -0.564. The topological polar surface area (TPSA) is 58.6 Å². The van der Waals surface area contributed by atoms with Gasteiger partial charge in [0.2, 0.25) is 0 Å². The van der Waals surface area contributed by atoms with Crippen molar-refractivity contribution in [3.63, 3.8) is 0 Å². The van der Waals surface area contributed by atoms with Gasteiger partial charge in [-0.25, -0.2) is 4.79 Å². The van der Waals surface area contributed by atoms with E-state index >= 15 is 0 Å². The molecule has 27 heavy (non-hydrogen) atoms. The summed E-state index contributed by atoms with van der Waals surface area (Å²) in [5, 5.41) is 13.2. The van der Waals surface area contributed by atoms with Crippen LogP contribution in [0.4, 0.5) is 10.5 Å². The first kappa shape index (κ1) is 18.8. The molecule has 0 aliphatic carbocycles. The number of anilines is 1. The summed E-state index contributed by atoms with van der Waals surface area (Å²) in [7, 11) is 0. The normalized spacial score (nSPS) is 10.5. The third kappa shape index (κ3) is 5.02. The van der Waals surface area contributed by atoms with Crippen molar-refractivity contribution in [2.24, 2.45) is 0 Å². The Labute approximate surface area is 163 Å². The van der Waals surface area contributed by atoms with E-state index < -0.39 is 6.09 Å². The van der Waals surface area contributed by atoms with E-state index in [-0.39, 0.29) is 5.75 Å². The number of benzene rings is 3. The summed E-state index contributed by atoms with van der Waals surface area (Å²) in [6, 6.07) is 18.1. The van der Waals surface area contributed by atoms with Crippen molar-refractivity contribution in [2.45, 2.75) is 20.3 Å². The summed E-state index contributed by atoms with van der Waals surface area (Å²) in [5.41, 5.74) is 4.47. The number of ether oxygens (including phenoxy) is 1. The smallest absolute Gasteiger partial charge is 0.417 e. The van der Waals surface area contributed by atoms with Crippen LogP contribution in [0.15, 0.2) is 60.7 Å². The van der Waals surface area contributed by atoms with Gasteiger partial charge in [0.25, 0.3) is 0 Å². The number of phenols is 1. The fourth-order valence-electron chi connectivity index (χ4n) is 2.66. The molecule has 4 nitrogen and oxygen atoms in total. The Balaban J connectivity index is 1.71. The number of carbonyl (C=O) groups is 1. The molecule has 0 unspecified atom stereocenters. The van der Waals surface area contributed by atoms with Gasteiger partial charge in [0.15, 0.2) is 0 Å². The zero-order valence-electron chi connectivity index (χ0n) is 15.1. The molecule has 0 fully saturated rings. The molecule has 0 aromatic heterocycles. The second-order valence-electron chi connectivity index (χ2n) is 6.42. The Morgan fingerprint density at radius 2 is 1.59 bits per heavy atom. The average Bonchev–Trinajstić information content (AvgIpc) is 2.63. The minimum absolute atomic E-state index is 0.282. The minimum Gasteiger partial charge on any atom is -0.508 e. The van der Waals surface area contributed by atoms with Crippen molar-refractivity contribution in [2.75, 3.05) is 5.32 Å². The third-order valence-corrected chi connectivity index (χ3v) is 4.50. The first-order valence-corrected chi connectivity index (χ1v) is 8.91. The molecular weight excluding hydrogens is 362 g/mol. The third-order valence-electron chi connectivity index (χ3n) is 4.24. The standard InChI is InChI=1S/C22H20ClNO3/c1-14-3-5-16(11-17-6-4-15(2)21(25)13-17)12-20(14)24-22(26)27-19-9-7-18(23)8-10-19/h3-10,12-13,25H,11H2,1-2H3,(H,24,26). The van der Waals surface area contributed by atoms with E-state index in [2.05, 4.69) is 5.32 Å². The second-order valence-corrected chi connectivity index (χ2v) is 6.85. The van der Waals surface area contributed by atoms with Crippen LogP contribution in [0.3, 0.4) is 0 Å². The number of nitrogens with one attached hydrogen (secondary N) is 1. The molecule has 0 aliphatic heterocycles. The van der Waals surface area contributed by atoms with E-state index in [0.29, 0.717) is 22.9 Å². The predicted octanol–water partition coefficient (Wildman–Crippen LogP) is 5.86. The molecule has 1 amide bonds. The van der Waals surface area contributed by atoms with E-state index in [9.17, 15) is 9.90 Å². The number of aromatic hydroxyl groups is 1. The van der Waals surface area contributed by atoms with Crippen LogP contribution in [0, 0.1) is 13.8 Å². The van der Waals surface area contributed by atoms with Crippen LogP contribution < -0.4 is 10.1 Å². The largest absolute Gasteiger partial charge is 0.508 e. The van der Waals surface area contributed by atoms with Gasteiger partial charge < -0.3 is 9.84 Å². The molecule has 5 heteroatoms. The van der Waals surface area contributed by atoms with Crippen LogP contribution in [0.2, 0.25) is 5.02 Å². The number of hydrogen-bond acceptors (Lipinski definition) is 3. The van der Waals surface area contributed by atoms with Crippen molar-refractivity contribution in [1.82, 2.24) is 0 Å². The Morgan fingerprint density at radius 3 is 2.26 bits per heavy atom. The number of aryl methyl sites for hydroxylation is 2. The highest BCUT2D eigenvalue weighted by Gasteiger charge is 2.09. The average molecular weight is 382 g/mol. The van der Waals surface area contributed by atoms with Crippen molar-refractivity contribution in [3.05, 3.63) is 87.9 Å². The Kier molecular flexibility index (Phi) is 5.67. The van der Waals surface area contributed by atoms with Crippen LogP contribution in [-0.2, 0) is 6.42 Å². The molecule has 0 saturated carbocycles. The lowest BCUT2D eigenvalue weighted by Crippen LogP contribution is -2.17. The van der Waals surface area contributed by atoms with Gasteiger partial charge in [0, 0.05) is 10.7 Å². The summed E-state index contributed by atoms with van der Waals surface area (Å²) < 4.78 is 5.27. The molecule has 0 heterocycles. The number of carbonyl (C=O) groups excluding carboxylic acids is 1. The monoisotopic (exact) mass is 381 g/mol. The SMILES string of the molecule is Cc1ccc(Cc2ccc(C)c(NC(=O)Oc3ccc(Cl)cc3)c2)cc1O. The molecular formula is C22H20ClNO3. The summed E-state index contributed by atoms with van der Waals surface area (Å²) in [4.78, 5) is 12.2. The number of hydrogen-bond donors (Lipinski definition) is 2. The highest BCUT2D eigenvalue weighted by Crippen LogP contribution is 2.23. The molecule has 0 aliphatic rings. The Hall–Kier alpha value is -2.98. The number of phenolic OH excluding ortho intramolecular Hbond substituents is 1. The highest BCUT2D eigenvalue weighted by atomic mass is 35.5. The van der Waals surface area contributed by atoms with Crippen molar-refractivity contribution < 1.29 is 14.6 Å². The molecule has 3 aromatic rings. The lowest BCUT2D eigenvalue weighted by molar-refractivity contribution is 0.215. The number of halogens is 1. The first-order chi connectivity index (χ1) is 12.9. The first-order valence-electron chi connectivity index (χ1n) is 8.53. The molecule has 3 aromatic carbocycles. The van der Waals surface area contributed by atoms with Gasteiger partial charge in [-0.15, -0.1) is 0 Å². The van der Waals surface area contributed by atoms with Crippen molar-refractivity contribution in [1.29, 1.82) is 0 Å². The van der Waals surface area contributed by atoms with Gasteiger partial charge in [0.05, 0.1) is 0 Å². The molecule has 0 saturated heterocycles. The molecule has 138 valence electrons. The maximum Gasteiger partial charge on any atom is 0.417 e. The summed E-state index contributed by atoms with van der Waals surface area (Å²) >= 11 is 5.83. The molecule has 0 bridgehead atoms. The van der Waals surface area contributed by atoms with Crippen molar-refractivity contribution >= 4 is 23.4 Å². The summed E-state index contributed by atoms with van der Waals surface area (Å²) in [6.45, 7) is 3.78. The van der Waals surface area contributed by atoms with E-state index in [1.54, 1.807) is 30.3 Å². The summed E-state index contributed by atoms with van der Waals surface area (Å²) in [5.74, 6) is 0.699. The Bertz CT molecular complexity index is 968. The maximum atomic E-state index is 12.2. The molecule has 3 rings (SSSR count). The van der Waals surface area contributed by atoms with Crippen LogP contribution in [-0.4, -0.2) is 11.2 Å². The van der Waals surface area contributed by atoms with Crippen molar-refractivity contribution in [3.8, 4) is 11.5 Å². The molecule has 0 spiro atoms. The zero-order valence-corrected chi connectivity index (χ0v) is 15.9. The van der Waals surface area contributed by atoms with Gasteiger partial charge >= 0.3 is 6.09 Å². The fraction of sp³-hybridized carbons (Fsp3) is 0.136. The lowest BCUT2D eigenvalue weighted by atomic mass is 10.0. The predicted molar refractivity (Wildman–Crippen MR) is 108 cm³/mol. The van der Waals surface area contributed by atoms with Crippen LogP contribution >= 0.6 is 11.6 Å². The highest BCUT2D eigenvalue weighted by molar-refractivity contribution is 6.30. The van der Waals surface area contributed by atoms with E-state index in [0.717, 1.165) is 22.3 Å². The molecule has 0 atom stereocenters. The maximum absolute atomic E-state index is 12.2. The van der Waals surface area contributed by atoms with Gasteiger partial charge in [0.1, 0.15) is 11.5 Å². The lowest BCUT2D eigenvalue weighted by Gasteiger charge is -2.12. The van der Waals surface area contributed by atoms with Gasteiger partial charge in [-0.3, -0.25) is 5.32 Å². The van der Waals surface area contributed by atoms with E-state index in [1.807, 2.05) is 44.2 Å². The number of amides is 1. The van der Waals surface area contributed by atoms with Crippen LogP contribution in [0.1, 0.15) is 22.3 Å². The Morgan fingerprint density at radius 1 is 0.963 bits per heavy atom. The van der Waals surface area contributed by atoms with Crippen LogP contribution in [0.5, 0.6) is 11.5 Å². The summed E-state index contributed by atoms with van der Waals surface area (Å²) in [6.07, 6.45) is 0.0835. The van der Waals surface area contributed by atoms with Gasteiger partial charge in [-0.1, -0.05) is 35.9 Å². The van der Waals surface area contributed by atoms with Crippen LogP contribution in [0.25, 0.3) is 0 Å². The second kappa shape index (κ2) is 8.14. The number of rotatable bonds is 4. The van der Waals surface area contributed by atoms with E-state index in [4.69, 9.17) is 16.3 Å².